The fourth-order valence-corrected chi connectivity index (χ4v) is 4.98. The van der Waals surface area contributed by atoms with Crippen LogP contribution in [-0.2, 0) is 11.2 Å². The predicted molar refractivity (Wildman–Crippen MR) is 128 cm³/mol. The standard InChI is InChI=1S/C25H25ClN2O7/c26-19-5-1-2-6-21(19)35-11-3-4-15-7-9-16(10-8-15)18-12-17-13-27(24(31)32)14-20(22(18)23(29)30)28(17)25(33)34/h1-2,5-10,17,20H,3-4,11-14H2,(H,29,30)(H,31,32)(H,33,34)/t17-,20-/m1/s1. The maximum absolute atomic E-state index is 12.2. The van der Waals surface area contributed by atoms with Crippen molar-refractivity contribution in [1.82, 2.24) is 9.80 Å². The van der Waals surface area contributed by atoms with E-state index in [0.717, 1.165) is 28.2 Å². The topological polar surface area (TPSA) is 128 Å². The third kappa shape index (κ3) is 5.19. The van der Waals surface area contributed by atoms with Crippen LogP contribution in [0, 0.1) is 0 Å². The lowest BCUT2D eigenvalue weighted by Gasteiger charge is -2.48. The maximum atomic E-state index is 12.2. The van der Waals surface area contributed by atoms with Crippen LogP contribution in [0.1, 0.15) is 24.0 Å². The SMILES string of the molecule is O=C(O)C1=C(c2ccc(CCCOc3ccccc3Cl)cc2)C[C@@H]2CN(C(=O)O)C[C@H]1N2C(=O)O. The molecule has 2 atom stereocenters. The molecule has 2 heterocycles. The summed E-state index contributed by atoms with van der Waals surface area (Å²) >= 11 is 6.09. The number of carboxylic acids is 1. The van der Waals surface area contributed by atoms with Crippen molar-refractivity contribution in [3.8, 4) is 5.75 Å². The Bertz CT molecular complexity index is 1160. The molecule has 0 aliphatic carbocycles. The second-order valence-corrected chi connectivity index (χ2v) is 8.94. The Morgan fingerprint density at radius 1 is 0.971 bits per heavy atom. The van der Waals surface area contributed by atoms with Gasteiger partial charge in [-0.25, -0.2) is 14.4 Å². The second-order valence-electron chi connectivity index (χ2n) is 8.53. The summed E-state index contributed by atoms with van der Waals surface area (Å²) in [5.74, 6) is -0.611. The lowest BCUT2D eigenvalue weighted by atomic mass is 9.82. The van der Waals surface area contributed by atoms with E-state index < -0.39 is 30.2 Å². The Morgan fingerprint density at radius 3 is 2.31 bits per heavy atom. The third-order valence-corrected chi connectivity index (χ3v) is 6.69. The van der Waals surface area contributed by atoms with Crippen molar-refractivity contribution < 1.29 is 34.4 Å². The molecule has 0 saturated carbocycles. The summed E-state index contributed by atoms with van der Waals surface area (Å²) in [6, 6.07) is 13.1. The number of piperazine rings is 1. The van der Waals surface area contributed by atoms with Crippen molar-refractivity contribution in [2.75, 3.05) is 19.7 Å². The smallest absolute Gasteiger partial charge is 0.408 e. The highest BCUT2D eigenvalue weighted by Crippen LogP contribution is 2.38. The number of nitrogens with zero attached hydrogens (tertiary/aromatic N) is 2. The number of aryl methyl sites for hydroxylation is 1. The molecule has 0 radical (unpaired) electrons. The molecule has 10 heteroatoms. The van der Waals surface area contributed by atoms with Gasteiger partial charge in [0.15, 0.2) is 0 Å². The summed E-state index contributed by atoms with van der Waals surface area (Å²) in [5.41, 5.74) is 2.22. The number of fused-ring (bicyclic) bond motifs is 2. The van der Waals surface area contributed by atoms with Crippen molar-refractivity contribution >= 4 is 35.3 Å². The minimum atomic E-state index is -1.25. The van der Waals surface area contributed by atoms with Crippen LogP contribution in [-0.4, -0.2) is 75.1 Å². The van der Waals surface area contributed by atoms with Gasteiger partial charge in [-0.05, 0) is 48.1 Å². The maximum Gasteiger partial charge on any atom is 0.408 e. The van der Waals surface area contributed by atoms with Crippen LogP contribution in [0.2, 0.25) is 5.02 Å². The number of carbonyl (C=O) groups is 3. The molecule has 2 aliphatic rings. The zero-order chi connectivity index (χ0) is 25.1. The monoisotopic (exact) mass is 500 g/mol. The van der Waals surface area contributed by atoms with Crippen LogP contribution in [0.15, 0.2) is 54.1 Å². The number of hydrogen-bond donors (Lipinski definition) is 3. The zero-order valence-corrected chi connectivity index (χ0v) is 19.5. The van der Waals surface area contributed by atoms with Crippen LogP contribution in [0.4, 0.5) is 9.59 Å². The van der Waals surface area contributed by atoms with Crippen LogP contribution in [0.3, 0.4) is 0 Å². The first kappa shape index (κ1) is 24.4. The summed E-state index contributed by atoms with van der Waals surface area (Å²) in [6.07, 6.45) is -0.810. The molecule has 2 aromatic carbocycles. The number of rotatable bonds is 7. The Kier molecular flexibility index (Phi) is 7.16. The lowest BCUT2D eigenvalue weighted by molar-refractivity contribution is -0.133. The first-order valence-electron chi connectivity index (χ1n) is 11.2. The Balaban J connectivity index is 1.50. The van der Waals surface area contributed by atoms with Gasteiger partial charge in [-0.1, -0.05) is 48.0 Å². The molecule has 0 spiro atoms. The second kappa shape index (κ2) is 10.3. The fourth-order valence-electron chi connectivity index (χ4n) is 4.79. The van der Waals surface area contributed by atoms with E-state index in [2.05, 4.69) is 0 Å². The number of para-hydroxylation sites is 1. The molecule has 2 aliphatic heterocycles. The van der Waals surface area contributed by atoms with E-state index in [9.17, 15) is 29.7 Å². The third-order valence-electron chi connectivity index (χ3n) is 6.38. The van der Waals surface area contributed by atoms with E-state index in [-0.39, 0.29) is 25.1 Å². The average molecular weight is 501 g/mol. The Labute approximate surface area is 206 Å². The highest BCUT2D eigenvalue weighted by atomic mass is 35.5. The molecular weight excluding hydrogens is 476 g/mol. The number of benzene rings is 2. The fraction of sp³-hybridized carbons (Fsp3) is 0.320. The molecule has 2 amide bonds. The summed E-state index contributed by atoms with van der Waals surface area (Å²) in [5, 5.41) is 29.6. The summed E-state index contributed by atoms with van der Waals surface area (Å²) in [7, 11) is 0. The van der Waals surface area contributed by atoms with Gasteiger partial charge in [-0.2, -0.15) is 0 Å². The number of carboxylic acid groups (broad SMARTS) is 3. The van der Waals surface area contributed by atoms with Gasteiger partial charge in [-0.15, -0.1) is 0 Å². The Morgan fingerprint density at radius 2 is 1.69 bits per heavy atom. The van der Waals surface area contributed by atoms with E-state index in [0.29, 0.717) is 28.5 Å². The molecule has 3 N–H and O–H groups in total. The zero-order valence-electron chi connectivity index (χ0n) is 18.8. The molecule has 1 fully saturated rings. The van der Waals surface area contributed by atoms with Gasteiger partial charge in [-0.3, -0.25) is 4.90 Å². The molecule has 4 rings (SSSR count). The summed E-state index contributed by atoms with van der Waals surface area (Å²) in [6.45, 7) is 0.277. The van der Waals surface area contributed by atoms with Crippen molar-refractivity contribution in [2.24, 2.45) is 0 Å². The van der Waals surface area contributed by atoms with Crippen molar-refractivity contribution in [3.63, 3.8) is 0 Å². The van der Waals surface area contributed by atoms with Gasteiger partial charge in [0.25, 0.3) is 0 Å². The van der Waals surface area contributed by atoms with Crippen LogP contribution < -0.4 is 4.74 Å². The molecule has 35 heavy (non-hydrogen) atoms. The highest BCUT2D eigenvalue weighted by molar-refractivity contribution is 6.32. The van der Waals surface area contributed by atoms with Gasteiger partial charge in [0.05, 0.1) is 29.3 Å². The molecule has 9 nitrogen and oxygen atoms in total. The molecule has 0 unspecified atom stereocenters. The van der Waals surface area contributed by atoms with Crippen LogP contribution in [0.25, 0.3) is 5.57 Å². The van der Waals surface area contributed by atoms with Crippen molar-refractivity contribution in [2.45, 2.75) is 31.3 Å². The highest BCUT2D eigenvalue weighted by Gasteiger charge is 2.47. The van der Waals surface area contributed by atoms with E-state index in [1.165, 1.54) is 0 Å². The summed E-state index contributed by atoms with van der Waals surface area (Å²) in [4.78, 5) is 37.7. The number of aliphatic carboxylic acids is 1. The van der Waals surface area contributed by atoms with E-state index >= 15 is 0 Å². The number of ether oxygens (including phenoxy) is 1. The van der Waals surface area contributed by atoms with Gasteiger partial charge in [0, 0.05) is 13.1 Å². The number of halogens is 1. The Hall–Kier alpha value is -3.72. The van der Waals surface area contributed by atoms with Gasteiger partial charge >= 0.3 is 18.2 Å². The van der Waals surface area contributed by atoms with E-state index in [1.54, 1.807) is 6.07 Å². The first-order valence-corrected chi connectivity index (χ1v) is 11.6. The average Bonchev–Trinajstić information content (AvgIpc) is 2.81. The van der Waals surface area contributed by atoms with E-state index in [4.69, 9.17) is 16.3 Å². The molecule has 184 valence electrons. The van der Waals surface area contributed by atoms with Crippen LogP contribution in [0.5, 0.6) is 5.75 Å². The van der Waals surface area contributed by atoms with Crippen molar-refractivity contribution in [3.05, 3.63) is 70.3 Å². The van der Waals surface area contributed by atoms with Crippen molar-refractivity contribution in [1.29, 1.82) is 0 Å². The van der Waals surface area contributed by atoms with Gasteiger partial charge in [0.2, 0.25) is 0 Å². The van der Waals surface area contributed by atoms with Gasteiger partial charge in [0.1, 0.15) is 5.75 Å². The normalized spacial score (nSPS) is 19.5. The number of amides is 2. The van der Waals surface area contributed by atoms with Gasteiger partial charge < -0.3 is 25.0 Å². The molecular formula is C25H25ClN2O7. The minimum Gasteiger partial charge on any atom is -0.492 e. The van der Waals surface area contributed by atoms with E-state index in [1.807, 2.05) is 42.5 Å². The molecule has 2 aromatic rings. The van der Waals surface area contributed by atoms with Crippen LogP contribution >= 0.6 is 11.6 Å². The minimum absolute atomic E-state index is 0.00194. The lowest BCUT2D eigenvalue weighted by Crippen LogP contribution is -2.64. The first-order chi connectivity index (χ1) is 16.8. The quantitative estimate of drug-likeness (QED) is 0.483. The molecule has 2 bridgehead atoms. The molecule has 0 aromatic heterocycles. The summed E-state index contributed by atoms with van der Waals surface area (Å²) < 4.78 is 5.71. The molecule has 1 saturated heterocycles. The predicted octanol–water partition coefficient (Wildman–Crippen LogP) is 4.30. The number of hydrogen-bond acceptors (Lipinski definition) is 4. The largest absolute Gasteiger partial charge is 0.492 e.